The van der Waals surface area contributed by atoms with Crippen LogP contribution in [0.2, 0.25) is 0 Å². The molecule has 1 amide bonds. The summed E-state index contributed by atoms with van der Waals surface area (Å²) in [5.41, 5.74) is 7.30. The second-order valence-electron chi connectivity index (χ2n) is 5.09. The van der Waals surface area contributed by atoms with Crippen molar-refractivity contribution in [2.45, 2.75) is 6.92 Å². The highest BCUT2D eigenvalue weighted by Crippen LogP contribution is 2.32. The van der Waals surface area contributed by atoms with Gasteiger partial charge >= 0.3 is 0 Å². The van der Waals surface area contributed by atoms with Gasteiger partial charge < -0.3 is 15.2 Å². The van der Waals surface area contributed by atoms with Gasteiger partial charge in [-0.15, -0.1) is 0 Å². The summed E-state index contributed by atoms with van der Waals surface area (Å²) in [6, 6.07) is 12.6. The maximum atomic E-state index is 11.5. The first-order valence-corrected chi connectivity index (χ1v) is 7.10. The van der Waals surface area contributed by atoms with Crippen LogP contribution in [0.1, 0.15) is 15.9 Å². The van der Waals surface area contributed by atoms with Crippen LogP contribution in [0.3, 0.4) is 0 Å². The standard InChI is InChI=1S/C18H16N2O3/c1-11-13(18(19)21)4-3-5-16(11)23-17-8-9-20-15-10-12(22-2)6-7-14(15)17/h3-10H,1-2H3,(H2,19,21). The highest BCUT2D eigenvalue weighted by Gasteiger charge is 2.12. The Morgan fingerprint density at radius 2 is 1.96 bits per heavy atom. The normalized spacial score (nSPS) is 10.5. The van der Waals surface area contributed by atoms with Crippen molar-refractivity contribution in [1.82, 2.24) is 4.98 Å². The molecular weight excluding hydrogens is 292 g/mol. The summed E-state index contributed by atoms with van der Waals surface area (Å²) in [5.74, 6) is 1.50. The zero-order chi connectivity index (χ0) is 16.4. The summed E-state index contributed by atoms with van der Waals surface area (Å²) in [4.78, 5) is 15.8. The van der Waals surface area contributed by atoms with Gasteiger partial charge in [0.2, 0.25) is 5.91 Å². The maximum Gasteiger partial charge on any atom is 0.249 e. The van der Waals surface area contributed by atoms with E-state index in [2.05, 4.69) is 4.98 Å². The van der Waals surface area contributed by atoms with Crippen LogP contribution in [0.15, 0.2) is 48.7 Å². The summed E-state index contributed by atoms with van der Waals surface area (Å²) < 4.78 is 11.2. The molecule has 0 aliphatic rings. The minimum Gasteiger partial charge on any atom is -0.497 e. The number of aromatic nitrogens is 1. The van der Waals surface area contributed by atoms with Crippen LogP contribution in [-0.4, -0.2) is 18.0 Å². The van der Waals surface area contributed by atoms with Crippen LogP contribution in [0.25, 0.3) is 10.9 Å². The van der Waals surface area contributed by atoms with E-state index >= 15 is 0 Å². The molecule has 0 atom stereocenters. The third kappa shape index (κ3) is 2.81. The molecule has 0 aliphatic carbocycles. The third-order valence-electron chi connectivity index (χ3n) is 3.68. The Bertz CT molecular complexity index is 891. The van der Waals surface area contributed by atoms with Gasteiger partial charge in [-0.25, -0.2) is 0 Å². The van der Waals surface area contributed by atoms with Crippen molar-refractivity contribution in [2.24, 2.45) is 5.73 Å². The van der Waals surface area contributed by atoms with Gasteiger partial charge in [-0.05, 0) is 37.3 Å². The number of pyridine rings is 1. The largest absolute Gasteiger partial charge is 0.497 e. The Morgan fingerprint density at radius 3 is 2.70 bits per heavy atom. The smallest absolute Gasteiger partial charge is 0.249 e. The Labute approximate surface area is 133 Å². The van der Waals surface area contributed by atoms with Crippen LogP contribution in [-0.2, 0) is 0 Å². The van der Waals surface area contributed by atoms with E-state index in [9.17, 15) is 4.79 Å². The van der Waals surface area contributed by atoms with Gasteiger partial charge in [0, 0.05) is 28.8 Å². The summed E-state index contributed by atoms with van der Waals surface area (Å²) in [7, 11) is 1.61. The molecule has 116 valence electrons. The van der Waals surface area contributed by atoms with E-state index in [1.54, 1.807) is 37.6 Å². The van der Waals surface area contributed by atoms with Crippen LogP contribution in [0, 0.1) is 6.92 Å². The molecule has 3 rings (SSSR count). The predicted octanol–water partition coefficient (Wildman–Crippen LogP) is 3.44. The SMILES string of the molecule is COc1ccc2c(Oc3cccc(C(N)=O)c3C)ccnc2c1. The number of fused-ring (bicyclic) bond motifs is 1. The number of ether oxygens (including phenoxy) is 2. The van der Waals surface area contributed by atoms with Crippen LogP contribution in [0.5, 0.6) is 17.2 Å². The van der Waals surface area contributed by atoms with E-state index < -0.39 is 5.91 Å². The lowest BCUT2D eigenvalue weighted by atomic mass is 10.1. The Morgan fingerprint density at radius 1 is 1.13 bits per heavy atom. The third-order valence-corrected chi connectivity index (χ3v) is 3.68. The fourth-order valence-electron chi connectivity index (χ4n) is 2.43. The van der Waals surface area contributed by atoms with Gasteiger partial charge in [0.25, 0.3) is 0 Å². The first-order chi connectivity index (χ1) is 11.1. The van der Waals surface area contributed by atoms with Gasteiger partial charge in [-0.3, -0.25) is 9.78 Å². The summed E-state index contributed by atoms with van der Waals surface area (Å²) in [6.45, 7) is 1.81. The molecule has 0 radical (unpaired) electrons. The van der Waals surface area contributed by atoms with Crippen LogP contribution < -0.4 is 15.2 Å². The maximum absolute atomic E-state index is 11.5. The molecule has 0 spiro atoms. The minimum atomic E-state index is -0.475. The molecule has 23 heavy (non-hydrogen) atoms. The lowest BCUT2D eigenvalue weighted by Crippen LogP contribution is -2.12. The molecular formula is C18H16N2O3. The van der Waals surface area contributed by atoms with Crippen molar-refractivity contribution in [2.75, 3.05) is 7.11 Å². The molecule has 1 heterocycles. The monoisotopic (exact) mass is 308 g/mol. The molecule has 5 heteroatoms. The molecule has 3 aromatic rings. The molecule has 0 saturated carbocycles. The highest BCUT2D eigenvalue weighted by molar-refractivity contribution is 5.95. The fraction of sp³-hybridized carbons (Fsp3) is 0.111. The molecule has 0 bridgehead atoms. The summed E-state index contributed by atoms with van der Waals surface area (Å²) in [6.07, 6.45) is 1.67. The number of carbonyl (C=O) groups is 1. The van der Waals surface area contributed by atoms with E-state index in [1.165, 1.54) is 0 Å². The summed E-state index contributed by atoms with van der Waals surface area (Å²) >= 11 is 0. The fourth-order valence-corrected chi connectivity index (χ4v) is 2.43. The molecule has 2 N–H and O–H groups in total. The molecule has 1 aromatic heterocycles. The molecule has 2 aromatic carbocycles. The lowest BCUT2D eigenvalue weighted by Gasteiger charge is -2.13. The number of nitrogens with zero attached hydrogens (tertiary/aromatic N) is 1. The zero-order valence-electron chi connectivity index (χ0n) is 12.9. The average Bonchev–Trinajstić information content (AvgIpc) is 2.56. The summed E-state index contributed by atoms with van der Waals surface area (Å²) in [5, 5.41) is 0.858. The van der Waals surface area contributed by atoms with E-state index in [0.717, 1.165) is 16.7 Å². The number of carbonyl (C=O) groups excluding carboxylic acids is 1. The van der Waals surface area contributed by atoms with E-state index in [4.69, 9.17) is 15.2 Å². The Kier molecular flexibility index (Phi) is 3.85. The average molecular weight is 308 g/mol. The molecule has 5 nitrogen and oxygen atoms in total. The molecule has 0 unspecified atom stereocenters. The van der Waals surface area contributed by atoms with Gasteiger partial charge in [0.1, 0.15) is 17.2 Å². The van der Waals surface area contributed by atoms with Gasteiger partial charge in [-0.2, -0.15) is 0 Å². The zero-order valence-corrected chi connectivity index (χ0v) is 12.9. The van der Waals surface area contributed by atoms with Crippen molar-refractivity contribution in [3.05, 3.63) is 59.8 Å². The molecule has 0 saturated heterocycles. The second kappa shape index (κ2) is 5.96. The first-order valence-electron chi connectivity index (χ1n) is 7.10. The quantitative estimate of drug-likeness (QED) is 0.801. The van der Waals surface area contributed by atoms with Gasteiger partial charge in [0.15, 0.2) is 0 Å². The second-order valence-corrected chi connectivity index (χ2v) is 5.09. The number of benzene rings is 2. The van der Waals surface area contributed by atoms with Crippen molar-refractivity contribution in [3.63, 3.8) is 0 Å². The molecule has 0 aliphatic heterocycles. The number of hydrogen-bond acceptors (Lipinski definition) is 4. The number of nitrogens with two attached hydrogens (primary N) is 1. The first kappa shape index (κ1) is 14.8. The number of primary amides is 1. The van der Waals surface area contributed by atoms with Crippen LogP contribution >= 0.6 is 0 Å². The topological polar surface area (TPSA) is 74.4 Å². The minimum absolute atomic E-state index is 0.447. The Balaban J connectivity index is 2.06. The van der Waals surface area contributed by atoms with Crippen molar-refractivity contribution in [1.29, 1.82) is 0 Å². The van der Waals surface area contributed by atoms with Gasteiger partial charge in [0.05, 0.1) is 12.6 Å². The number of amides is 1. The number of rotatable bonds is 4. The van der Waals surface area contributed by atoms with Crippen molar-refractivity contribution >= 4 is 16.8 Å². The van der Waals surface area contributed by atoms with Crippen molar-refractivity contribution < 1.29 is 14.3 Å². The van der Waals surface area contributed by atoms with Crippen LogP contribution in [0.4, 0.5) is 0 Å². The predicted molar refractivity (Wildman–Crippen MR) is 88.1 cm³/mol. The van der Waals surface area contributed by atoms with Crippen molar-refractivity contribution in [3.8, 4) is 17.2 Å². The van der Waals surface area contributed by atoms with E-state index in [1.807, 2.05) is 25.1 Å². The highest BCUT2D eigenvalue weighted by atomic mass is 16.5. The molecule has 0 fully saturated rings. The van der Waals surface area contributed by atoms with Gasteiger partial charge in [-0.1, -0.05) is 6.07 Å². The number of methoxy groups -OCH3 is 1. The Hall–Kier alpha value is -3.08. The van der Waals surface area contributed by atoms with E-state index in [0.29, 0.717) is 22.6 Å². The van der Waals surface area contributed by atoms with E-state index in [-0.39, 0.29) is 0 Å². The lowest BCUT2D eigenvalue weighted by molar-refractivity contribution is 0.0999. The number of hydrogen-bond donors (Lipinski definition) is 1.